The number of thiophene rings is 2. The number of thiazole rings is 1. The van der Waals surface area contributed by atoms with E-state index in [2.05, 4.69) is 16.4 Å². The Morgan fingerprint density at radius 1 is 1.25 bits per heavy atom. The molecule has 0 saturated heterocycles. The van der Waals surface area contributed by atoms with E-state index in [1.807, 2.05) is 42.0 Å². The van der Waals surface area contributed by atoms with Gasteiger partial charge in [-0.15, -0.1) is 22.7 Å². The number of carbonyl (C=O) groups excluding carboxylic acids is 1. The highest BCUT2D eigenvalue weighted by molar-refractivity contribution is 7.19. The van der Waals surface area contributed by atoms with Crippen LogP contribution < -0.4 is 5.32 Å². The van der Waals surface area contributed by atoms with Crippen molar-refractivity contribution in [3.05, 3.63) is 68.6 Å². The molecular weight excluding hydrogens is 410 g/mol. The molecule has 138 valence electrons. The first-order chi connectivity index (χ1) is 13.7. The Morgan fingerprint density at radius 3 is 2.79 bits per heavy atom. The van der Waals surface area contributed by atoms with E-state index < -0.39 is 0 Å². The second-order valence-electron chi connectivity index (χ2n) is 5.74. The monoisotopic (exact) mass is 423 g/mol. The molecule has 0 spiro atoms. The average Bonchev–Trinajstić information content (AvgIpc) is 3.47. The zero-order chi connectivity index (χ0) is 19.5. The van der Waals surface area contributed by atoms with E-state index in [1.165, 1.54) is 28.9 Å². The molecule has 4 rings (SSSR count). The van der Waals surface area contributed by atoms with Crippen LogP contribution in [0.5, 0.6) is 0 Å². The number of anilines is 1. The topological polar surface area (TPSA) is 78.9 Å². The van der Waals surface area contributed by atoms with Crippen LogP contribution in [0.1, 0.15) is 26.0 Å². The number of nitrogens with one attached hydrogen (secondary N) is 1. The van der Waals surface area contributed by atoms with Crippen molar-refractivity contribution in [2.75, 3.05) is 5.32 Å². The van der Waals surface area contributed by atoms with Gasteiger partial charge >= 0.3 is 0 Å². The molecule has 4 aromatic heterocycles. The lowest BCUT2D eigenvalue weighted by Crippen LogP contribution is -2.10. The van der Waals surface area contributed by atoms with Crippen LogP contribution in [0, 0.1) is 18.3 Å². The molecule has 1 amide bonds. The Kier molecular flexibility index (Phi) is 5.21. The van der Waals surface area contributed by atoms with Crippen molar-refractivity contribution in [3.63, 3.8) is 0 Å². The number of furan rings is 1. The lowest BCUT2D eigenvalue weighted by atomic mass is 10.2. The van der Waals surface area contributed by atoms with E-state index >= 15 is 0 Å². The maximum absolute atomic E-state index is 12.4. The van der Waals surface area contributed by atoms with Crippen molar-refractivity contribution in [2.45, 2.75) is 6.92 Å². The summed E-state index contributed by atoms with van der Waals surface area (Å²) in [6.45, 7) is 2.01. The van der Waals surface area contributed by atoms with Crippen LogP contribution in [-0.4, -0.2) is 10.9 Å². The first kappa shape index (κ1) is 18.4. The second kappa shape index (κ2) is 7.94. The number of hydrogen-bond donors (Lipinski definition) is 1. The van der Waals surface area contributed by atoms with Crippen molar-refractivity contribution >= 4 is 56.6 Å². The largest absolute Gasteiger partial charge is 0.459 e. The van der Waals surface area contributed by atoms with Crippen LogP contribution in [0.3, 0.4) is 0 Å². The Hall–Kier alpha value is -2.99. The number of hydrogen-bond acceptors (Lipinski definition) is 7. The van der Waals surface area contributed by atoms with Crippen LogP contribution in [0.4, 0.5) is 5.00 Å². The van der Waals surface area contributed by atoms with Gasteiger partial charge in [0.15, 0.2) is 5.76 Å². The molecular formula is C20H13N3O2S3. The maximum atomic E-state index is 12.4. The van der Waals surface area contributed by atoms with Gasteiger partial charge in [-0.25, -0.2) is 4.98 Å². The molecule has 0 fully saturated rings. The molecule has 8 heteroatoms. The van der Waals surface area contributed by atoms with Crippen molar-refractivity contribution in [3.8, 4) is 16.6 Å². The number of rotatable bonds is 5. The minimum Gasteiger partial charge on any atom is -0.459 e. The Morgan fingerprint density at radius 2 is 2.14 bits per heavy atom. The van der Waals surface area contributed by atoms with Crippen LogP contribution in [0.2, 0.25) is 0 Å². The summed E-state index contributed by atoms with van der Waals surface area (Å²) in [6.07, 6.45) is 3.29. The highest BCUT2D eigenvalue weighted by Crippen LogP contribution is 2.39. The Balaban J connectivity index is 1.75. The van der Waals surface area contributed by atoms with Crippen LogP contribution in [0.25, 0.3) is 22.2 Å². The maximum Gasteiger partial charge on any atom is 0.292 e. The molecule has 0 bridgehead atoms. The molecule has 0 aliphatic carbocycles. The van der Waals surface area contributed by atoms with Crippen LogP contribution in [0.15, 0.2) is 51.8 Å². The summed E-state index contributed by atoms with van der Waals surface area (Å²) < 4.78 is 5.17. The van der Waals surface area contributed by atoms with Crippen molar-refractivity contribution in [2.24, 2.45) is 0 Å². The molecule has 5 nitrogen and oxygen atoms in total. The van der Waals surface area contributed by atoms with Gasteiger partial charge in [0.05, 0.1) is 16.7 Å². The van der Waals surface area contributed by atoms with Gasteiger partial charge in [-0.1, -0.05) is 17.4 Å². The molecule has 0 atom stereocenters. The fraction of sp³-hybridized carbons (Fsp3) is 0.0500. The predicted octanol–water partition coefficient (Wildman–Crippen LogP) is 6.15. The third-order valence-electron chi connectivity index (χ3n) is 3.88. The Labute approximate surface area is 173 Å². The van der Waals surface area contributed by atoms with E-state index in [0.717, 1.165) is 15.3 Å². The van der Waals surface area contributed by atoms with Crippen molar-refractivity contribution in [1.29, 1.82) is 5.26 Å². The second-order valence-corrected chi connectivity index (χ2v) is 8.64. The van der Waals surface area contributed by atoms with E-state index in [-0.39, 0.29) is 11.7 Å². The number of nitriles is 1. The molecule has 4 heterocycles. The van der Waals surface area contributed by atoms with E-state index in [4.69, 9.17) is 4.42 Å². The highest BCUT2D eigenvalue weighted by Gasteiger charge is 2.20. The molecule has 0 aromatic carbocycles. The molecule has 0 aliphatic rings. The van der Waals surface area contributed by atoms with E-state index in [1.54, 1.807) is 23.5 Å². The summed E-state index contributed by atoms with van der Waals surface area (Å²) in [4.78, 5) is 19.0. The number of allylic oxidation sites excluding steroid dienone is 1. The highest BCUT2D eigenvalue weighted by atomic mass is 32.1. The summed E-state index contributed by atoms with van der Waals surface area (Å²) in [6, 6.07) is 11.4. The molecule has 4 aromatic rings. The number of amides is 1. The summed E-state index contributed by atoms with van der Waals surface area (Å²) in [5, 5.41) is 17.6. The quantitative estimate of drug-likeness (QED) is 0.390. The number of aromatic nitrogens is 1. The SMILES string of the molecule is Cc1ccsc1/C=C(\C#N)c1nc(-c2cccs2)c(NC(=O)c2ccco2)s1. The fourth-order valence-electron chi connectivity index (χ4n) is 2.48. The average molecular weight is 424 g/mol. The number of aryl methyl sites for hydroxylation is 1. The fourth-order valence-corrected chi connectivity index (χ4v) is 5.06. The summed E-state index contributed by atoms with van der Waals surface area (Å²) in [7, 11) is 0. The van der Waals surface area contributed by atoms with Gasteiger partial charge < -0.3 is 9.73 Å². The Bertz CT molecular complexity index is 1180. The zero-order valence-electron chi connectivity index (χ0n) is 14.6. The predicted molar refractivity (Wildman–Crippen MR) is 115 cm³/mol. The lowest BCUT2D eigenvalue weighted by Gasteiger charge is -2.01. The minimum atomic E-state index is -0.352. The van der Waals surface area contributed by atoms with Crippen LogP contribution >= 0.6 is 34.0 Å². The summed E-state index contributed by atoms with van der Waals surface area (Å²) >= 11 is 4.38. The van der Waals surface area contributed by atoms with Gasteiger partial charge in [0.25, 0.3) is 5.91 Å². The minimum absolute atomic E-state index is 0.220. The molecule has 0 saturated carbocycles. The number of nitrogens with zero attached hydrogens (tertiary/aromatic N) is 2. The third-order valence-corrected chi connectivity index (χ3v) is 6.73. The van der Waals surface area contributed by atoms with Gasteiger partial charge in [-0.05, 0) is 53.6 Å². The summed E-state index contributed by atoms with van der Waals surface area (Å²) in [5.41, 5.74) is 2.23. The molecule has 28 heavy (non-hydrogen) atoms. The third kappa shape index (κ3) is 3.68. The molecule has 0 aliphatic heterocycles. The van der Waals surface area contributed by atoms with Crippen molar-refractivity contribution in [1.82, 2.24) is 4.98 Å². The normalized spacial score (nSPS) is 11.4. The van der Waals surface area contributed by atoms with E-state index in [9.17, 15) is 10.1 Å². The van der Waals surface area contributed by atoms with E-state index in [0.29, 0.717) is 21.3 Å². The van der Waals surface area contributed by atoms with Gasteiger partial charge in [0.2, 0.25) is 0 Å². The van der Waals surface area contributed by atoms with Crippen LogP contribution in [-0.2, 0) is 0 Å². The van der Waals surface area contributed by atoms with Gasteiger partial charge in [0, 0.05) is 4.88 Å². The van der Waals surface area contributed by atoms with Gasteiger partial charge in [-0.3, -0.25) is 4.79 Å². The molecule has 0 unspecified atom stereocenters. The first-order valence-electron chi connectivity index (χ1n) is 8.21. The summed E-state index contributed by atoms with van der Waals surface area (Å²) in [5.74, 6) is -0.132. The standard InChI is InChI=1S/C20H13N3O2S3/c1-12-6-9-27-16(12)10-13(11-21)19-22-17(15-5-3-8-26-15)20(28-19)23-18(24)14-4-2-7-25-14/h2-10H,1H3,(H,23,24)/b13-10+. The number of carbonyl (C=O) groups is 1. The molecule has 1 N–H and O–H groups in total. The van der Waals surface area contributed by atoms with Gasteiger partial charge in [0.1, 0.15) is 21.8 Å². The first-order valence-corrected chi connectivity index (χ1v) is 10.8. The molecule has 0 radical (unpaired) electrons. The van der Waals surface area contributed by atoms with Gasteiger partial charge in [-0.2, -0.15) is 5.26 Å². The zero-order valence-corrected chi connectivity index (χ0v) is 17.1. The lowest BCUT2D eigenvalue weighted by molar-refractivity contribution is 0.0997. The van der Waals surface area contributed by atoms with Crippen molar-refractivity contribution < 1.29 is 9.21 Å². The smallest absolute Gasteiger partial charge is 0.292 e.